The summed E-state index contributed by atoms with van der Waals surface area (Å²) in [6.07, 6.45) is 4.88. The summed E-state index contributed by atoms with van der Waals surface area (Å²) in [4.78, 5) is 2.57. The van der Waals surface area contributed by atoms with Crippen molar-refractivity contribution >= 4 is 11.6 Å². The normalized spacial score (nSPS) is 20.1. The summed E-state index contributed by atoms with van der Waals surface area (Å²) in [6, 6.07) is 4.15. The second kappa shape index (κ2) is 8.61. The van der Waals surface area contributed by atoms with Crippen LogP contribution in [-0.4, -0.2) is 44.3 Å². The van der Waals surface area contributed by atoms with Crippen molar-refractivity contribution in [1.29, 1.82) is 0 Å². The quantitative estimate of drug-likeness (QED) is 0.787. The summed E-state index contributed by atoms with van der Waals surface area (Å²) in [5, 5.41) is 4.14. The van der Waals surface area contributed by atoms with Crippen molar-refractivity contribution in [3.8, 4) is 11.5 Å². The summed E-state index contributed by atoms with van der Waals surface area (Å²) in [7, 11) is 0. The molecule has 2 heterocycles. The van der Waals surface area contributed by atoms with Gasteiger partial charge in [0, 0.05) is 13.1 Å². The second-order valence-electron chi connectivity index (χ2n) is 7.40. The van der Waals surface area contributed by atoms with Crippen molar-refractivity contribution in [3.63, 3.8) is 0 Å². The van der Waals surface area contributed by atoms with E-state index in [1.165, 1.54) is 37.9 Å². The summed E-state index contributed by atoms with van der Waals surface area (Å²) < 4.78 is 11.6. The largest absolute Gasteiger partial charge is 0.490 e. The number of piperidine rings is 1. The first-order valence-corrected chi connectivity index (χ1v) is 10.0. The van der Waals surface area contributed by atoms with E-state index < -0.39 is 0 Å². The second-order valence-corrected chi connectivity index (χ2v) is 7.80. The number of hydrogen-bond donors (Lipinski definition) is 1. The predicted octanol–water partition coefficient (Wildman–Crippen LogP) is 4.10. The van der Waals surface area contributed by atoms with Gasteiger partial charge in [0.05, 0.1) is 18.2 Å². The maximum atomic E-state index is 6.50. The zero-order chi connectivity index (χ0) is 17.7. The Labute approximate surface area is 156 Å². The van der Waals surface area contributed by atoms with Gasteiger partial charge in [0.15, 0.2) is 11.5 Å². The molecule has 4 nitrogen and oxygen atoms in total. The minimum Gasteiger partial charge on any atom is -0.490 e. The predicted molar refractivity (Wildman–Crippen MR) is 103 cm³/mol. The lowest BCUT2D eigenvalue weighted by Gasteiger charge is -2.34. The Morgan fingerprint density at radius 2 is 1.96 bits per heavy atom. The molecule has 0 unspecified atom stereocenters. The van der Waals surface area contributed by atoms with E-state index in [0.717, 1.165) is 31.8 Å². The lowest BCUT2D eigenvalue weighted by atomic mass is 9.78. The van der Waals surface area contributed by atoms with Crippen LogP contribution in [0.3, 0.4) is 0 Å². The van der Waals surface area contributed by atoms with Crippen molar-refractivity contribution in [3.05, 3.63) is 22.7 Å². The monoisotopic (exact) mass is 366 g/mol. The summed E-state index contributed by atoms with van der Waals surface area (Å²) in [5.41, 5.74) is 1.74. The van der Waals surface area contributed by atoms with Gasteiger partial charge in [-0.25, -0.2) is 0 Å². The van der Waals surface area contributed by atoms with Crippen LogP contribution in [0, 0.1) is 5.41 Å². The molecule has 0 aliphatic carbocycles. The summed E-state index contributed by atoms with van der Waals surface area (Å²) >= 11 is 6.50. The Hall–Kier alpha value is -0.970. The molecular formula is C20H31ClN2O2. The first-order chi connectivity index (χ1) is 12.2. The molecule has 1 spiro atoms. The molecule has 2 aliphatic rings. The lowest BCUT2D eigenvalue weighted by molar-refractivity contribution is 0.194. The number of halogens is 1. The topological polar surface area (TPSA) is 33.7 Å². The molecule has 2 saturated heterocycles. The molecule has 1 aromatic carbocycles. The van der Waals surface area contributed by atoms with Gasteiger partial charge in [-0.05, 0) is 75.4 Å². The standard InChI is InChI=1S/C20H31ClN2O2/c1-3-11-25-19-17(21)12-16(13-18(19)24-4-2)14-23-10-7-20(15-23)5-8-22-9-6-20/h12-13,22H,3-11,14-15H2,1-2H3. The van der Waals surface area contributed by atoms with Crippen molar-refractivity contribution < 1.29 is 9.47 Å². The molecule has 3 rings (SSSR count). The Balaban J connectivity index is 1.70. The highest BCUT2D eigenvalue weighted by Gasteiger charge is 2.38. The number of hydrogen-bond acceptors (Lipinski definition) is 4. The maximum Gasteiger partial charge on any atom is 0.179 e. The van der Waals surface area contributed by atoms with Gasteiger partial charge in [0.25, 0.3) is 0 Å². The fourth-order valence-electron chi connectivity index (χ4n) is 4.11. The number of rotatable bonds is 7. The van der Waals surface area contributed by atoms with Crippen LogP contribution in [0.4, 0.5) is 0 Å². The molecule has 140 valence electrons. The Morgan fingerprint density at radius 1 is 1.16 bits per heavy atom. The van der Waals surface area contributed by atoms with E-state index in [-0.39, 0.29) is 0 Å². The van der Waals surface area contributed by atoms with Crippen LogP contribution in [0.1, 0.15) is 45.1 Å². The zero-order valence-corrected chi connectivity index (χ0v) is 16.3. The van der Waals surface area contributed by atoms with Gasteiger partial charge in [0.2, 0.25) is 0 Å². The minimum atomic E-state index is 0.530. The van der Waals surface area contributed by atoms with Crippen LogP contribution >= 0.6 is 11.6 Å². The molecule has 25 heavy (non-hydrogen) atoms. The van der Waals surface area contributed by atoms with Crippen molar-refractivity contribution in [2.45, 2.75) is 46.1 Å². The summed E-state index contributed by atoms with van der Waals surface area (Å²) in [5.74, 6) is 1.46. The molecule has 5 heteroatoms. The first kappa shape index (κ1) is 18.8. The smallest absolute Gasteiger partial charge is 0.179 e. The highest BCUT2D eigenvalue weighted by molar-refractivity contribution is 6.32. The van der Waals surface area contributed by atoms with Gasteiger partial charge in [-0.2, -0.15) is 0 Å². The number of nitrogens with zero attached hydrogens (tertiary/aromatic N) is 1. The molecule has 2 fully saturated rings. The Bertz CT molecular complexity index is 573. The van der Waals surface area contributed by atoms with Crippen molar-refractivity contribution in [1.82, 2.24) is 10.2 Å². The van der Waals surface area contributed by atoms with E-state index in [2.05, 4.69) is 23.2 Å². The van der Waals surface area contributed by atoms with Crippen LogP contribution in [0.25, 0.3) is 0 Å². The van der Waals surface area contributed by atoms with Gasteiger partial charge in [-0.1, -0.05) is 18.5 Å². The molecule has 0 aromatic heterocycles. The molecule has 0 radical (unpaired) electrons. The Morgan fingerprint density at radius 3 is 2.68 bits per heavy atom. The van der Waals surface area contributed by atoms with Gasteiger partial charge in [-0.15, -0.1) is 0 Å². The third kappa shape index (κ3) is 4.60. The first-order valence-electron chi connectivity index (χ1n) is 9.67. The molecule has 1 N–H and O–H groups in total. The highest BCUT2D eigenvalue weighted by atomic mass is 35.5. The van der Waals surface area contributed by atoms with Crippen LogP contribution < -0.4 is 14.8 Å². The summed E-state index contributed by atoms with van der Waals surface area (Å²) in [6.45, 7) is 11.0. The number of ether oxygens (including phenoxy) is 2. The average molecular weight is 367 g/mol. The van der Waals surface area contributed by atoms with Crippen LogP contribution in [-0.2, 0) is 6.54 Å². The third-order valence-corrected chi connectivity index (χ3v) is 5.69. The van der Waals surface area contributed by atoms with E-state index in [9.17, 15) is 0 Å². The van der Waals surface area contributed by atoms with Gasteiger partial charge in [0.1, 0.15) is 0 Å². The van der Waals surface area contributed by atoms with Crippen molar-refractivity contribution in [2.75, 3.05) is 39.4 Å². The Kier molecular flexibility index (Phi) is 6.48. The minimum absolute atomic E-state index is 0.530. The van der Waals surface area contributed by atoms with Crippen LogP contribution in [0.5, 0.6) is 11.5 Å². The highest BCUT2D eigenvalue weighted by Crippen LogP contribution is 2.41. The molecule has 0 bridgehead atoms. The molecule has 0 atom stereocenters. The van der Waals surface area contributed by atoms with Crippen LogP contribution in [0.15, 0.2) is 12.1 Å². The SMILES string of the molecule is CCCOc1c(Cl)cc(CN2CCC3(CCNCC3)C2)cc1OCC. The lowest BCUT2D eigenvalue weighted by Crippen LogP contribution is -2.38. The van der Waals surface area contributed by atoms with E-state index >= 15 is 0 Å². The maximum absolute atomic E-state index is 6.50. The third-order valence-electron chi connectivity index (χ3n) is 5.41. The van der Waals surface area contributed by atoms with Crippen LogP contribution in [0.2, 0.25) is 5.02 Å². The number of likely N-dealkylation sites (tertiary alicyclic amines) is 1. The van der Waals surface area contributed by atoms with Crippen molar-refractivity contribution in [2.24, 2.45) is 5.41 Å². The molecule has 1 aromatic rings. The van der Waals surface area contributed by atoms with E-state index in [0.29, 0.717) is 29.4 Å². The fourth-order valence-corrected chi connectivity index (χ4v) is 4.39. The van der Waals surface area contributed by atoms with Gasteiger partial charge in [-0.3, -0.25) is 4.90 Å². The van der Waals surface area contributed by atoms with E-state index in [1.807, 2.05) is 13.0 Å². The van der Waals surface area contributed by atoms with E-state index in [4.69, 9.17) is 21.1 Å². The number of benzene rings is 1. The van der Waals surface area contributed by atoms with E-state index in [1.54, 1.807) is 0 Å². The molecule has 2 aliphatic heterocycles. The fraction of sp³-hybridized carbons (Fsp3) is 0.700. The number of nitrogens with one attached hydrogen (secondary N) is 1. The molecule has 0 saturated carbocycles. The molecular weight excluding hydrogens is 336 g/mol. The van der Waals surface area contributed by atoms with Gasteiger partial charge >= 0.3 is 0 Å². The molecule has 0 amide bonds. The van der Waals surface area contributed by atoms with Gasteiger partial charge < -0.3 is 14.8 Å². The zero-order valence-electron chi connectivity index (χ0n) is 15.6. The average Bonchev–Trinajstić information content (AvgIpc) is 2.97.